The van der Waals surface area contributed by atoms with Gasteiger partial charge in [-0.1, -0.05) is 13.3 Å². The molecule has 0 aliphatic carbocycles. The number of aromatic nitrogens is 3. The van der Waals surface area contributed by atoms with Crippen molar-refractivity contribution in [1.82, 2.24) is 14.5 Å². The smallest absolute Gasteiger partial charge is 0.201 e. The third kappa shape index (κ3) is 2.53. The summed E-state index contributed by atoms with van der Waals surface area (Å²) in [6, 6.07) is 3.71. The first-order valence-electron chi connectivity index (χ1n) is 9.76. The van der Waals surface area contributed by atoms with Crippen molar-refractivity contribution in [1.29, 1.82) is 0 Å². The van der Waals surface area contributed by atoms with Gasteiger partial charge in [-0.05, 0) is 12.5 Å². The molecule has 0 atom stereocenters. The molecule has 0 unspecified atom stereocenters. The molecule has 0 saturated carbocycles. The second-order valence-corrected chi connectivity index (χ2v) is 7.14. The summed E-state index contributed by atoms with van der Waals surface area (Å²) < 4.78 is 12.8. The summed E-state index contributed by atoms with van der Waals surface area (Å²) in [6.07, 6.45) is 6.62. The van der Waals surface area contributed by atoms with Crippen LogP contribution in [0.4, 0.5) is 0 Å². The van der Waals surface area contributed by atoms with Crippen molar-refractivity contribution in [3.8, 4) is 17.4 Å². The normalized spacial score (nSPS) is 12.8. The molecule has 0 fully saturated rings. The van der Waals surface area contributed by atoms with Gasteiger partial charge in [0.05, 0.1) is 35.9 Å². The van der Waals surface area contributed by atoms with Crippen LogP contribution in [0.15, 0.2) is 18.3 Å². The van der Waals surface area contributed by atoms with Crippen molar-refractivity contribution in [2.75, 3.05) is 14.2 Å². The highest BCUT2D eigenvalue weighted by atomic mass is 17.2. The summed E-state index contributed by atoms with van der Waals surface area (Å²) in [5.41, 5.74) is 2.73. The van der Waals surface area contributed by atoms with Gasteiger partial charge in [0.2, 0.25) is 5.88 Å². The zero-order chi connectivity index (χ0) is 20.8. The van der Waals surface area contributed by atoms with E-state index in [9.17, 15) is 5.11 Å². The van der Waals surface area contributed by atoms with Gasteiger partial charge in [-0.15, -0.1) is 0 Å². The van der Waals surface area contributed by atoms with E-state index >= 15 is 0 Å². The van der Waals surface area contributed by atoms with Crippen molar-refractivity contribution in [2.45, 2.75) is 26.3 Å². The van der Waals surface area contributed by atoms with Crippen molar-refractivity contribution in [3.05, 3.63) is 28.8 Å². The van der Waals surface area contributed by atoms with E-state index in [2.05, 4.69) is 11.9 Å². The summed E-state index contributed by atoms with van der Waals surface area (Å²) in [6.45, 7) is 2.73. The highest BCUT2D eigenvalue weighted by Gasteiger charge is 2.21. The van der Waals surface area contributed by atoms with Gasteiger partial charge >= 0.3 is 0 Å². The number of rotatable bonds is 5. The Bertz CT molecular complexity index is 1420. The molecule has 1 aromatic carbocycles. The molecule has 3 aromatic heterocycles. The zero-order valence-electron chi connectivity index (χ0n) is 16.9. The summed E-state index contributed by atoms with van der Waals surface area (Å²) in [4.78, 5) is 19.5. The Balaban J connectivity index is 1.98. The van der Waals surface area contributed by atoms with Gasteiger partial charge < -0.3 is 19.1 Å². The van der Waals surface area contributed by atoms with E-state index in [0.717, 1.165) is 34.2 Å². The van der Waals surface area contributed by atoms with Gasteiger partial charge in [-0.3, -0.25) is 14.8 Å². The van der Waals surface area contributed by atoms with Crippen LogP contribution in [0.3, 0.4) is 0 Å². The number of aryl methyl sites for hydroxylation is 1. The summed E-state index contributed by atoms with van der Waals surface area (Å²) in [5.74, 6) is 1.31. The van der Waals surface area contributed by atoms with Gasteiger partial charge in [-0.2, -0.15) is 0 Å². The number of fused-ring (bicyclic) bond motifs is 6. The van der Waals surface area contributed by atoms with Crippen molar-refractivity contribution in [2.24, 2.45) is 0 Å². The second-order valence-electron chi connectivity index (χ2n) is 7.14. The molecule has 1 aliphatic heterocycles. The minimum Gasteiger partial charge on any atom is -0.494 e. The Labute approximate surface area is 171 Å². The molecule has 154 valence electrons. The molecule has 0 bridgehead atoms. The first kappa shape index (κ1) is 18.4. The van der Waals surface area contributed by atoms with E-state index in [1.165, 1.54) is 12.5 Å². The minimum absolute atomic E-state index is 0.123. The highest BCUT2D eigenvalue weighted by Crippen LogP contribution is 2.41. The SMILES string of the molecule is CCCCn1c(O)c2cc3c(OC)c(OC)cc3nc2c2ncc3c(c21)=COOC=3. The van der Waals surface area contributed by atoms with Gasteiger partial charge in [0.15, 0.2) is 24.0 Å². The van der Waals surface area contributed by atoms with Gasteiger partial charge in [0, 0.05) is 29.4 Å². The predicted molar refractivity (Wildman–Crippen MR) is 113 cm³/mol. The quantitative estimate of drug-likeness (QED) is 0.402. The Morgan fingerprint density at radius 1 is 1.07 bits per heavy atom. The summed E-state index contributed by atoms with van der Waals surface area (Å²) in [7, 11) is 3.18. The molecule has 0 amide bonds. The largest absolute Gasteiger partial charge is 0.494 e. The molecule has 8 nitrogen and oxygen atoms in total. The topological polar surface area (TPSA) is 87.9 Å². The maximum atomic E-state index is 11.3. The zero-order valence-corrected chi connectivity index (χ0v) is 16.9. The Hall–Kier alpha value is -3.68. The lowest BCUT2D eigenvalue weighted by Gasteiger charge is -2.17. The lowest BCUT2D eigenvalue weighted by molar-refractivity contribution is -0.151. The van der Waals surface area contributed by atoms with E-state index in [1.807, 2.05) is 16.7 Å². The monoisotopic (exact) mass is 407 g/mol. The molecular formula is C22H21N3O5. The molecule has 5 rings (SSSR count). The minimum atomic E-state index is 0.123. The number of hydrogen-bond donors (Lipinski definition) is 1. The number of hydrogen-bond acceptors (Lipinski definition) is 7. The molecule has 1 N–H and O–H groups in total. The van der Waals surface area contributed by atoms with Gasteiger partial charge in [0.1, 0.15) is 11.0 Å². The lowest BCUT2D eigenvalue weighted by atomic mass is 10.1. The molecule has 0 saturated heterocycles. The van der Waals surface area contributed by atoms with Crippen LogP contribution in [0.2, 0.25) is 0 Å². The molecule has 1 aliphatic rings. The third-order valence-electron chi connectivity index (χ3n) is 5.46. The number of methoxy groups -OCH3 is 2. The lowest BCUT2D eigenvalue weighted by Crippen LogP contribution is -2.31. The Morgan fingerprint density at radius 3 is 2.67 bits per heavy atom. The molecular weight excluding hydrogens is 386 g/mol. The van der Waals surface area contributed by atoms with Crippen LogP contribution >= 0.6 is 0 Å². The highest BCUT2D eigenvalue weighted by molar-refractivity contribution is 6.09. The van der Waals surface area contributed by atoms with Crippen molar-refractivity contribution >= 4 is 45.4 Å². The fourth-order valence-electron chi connectivity index (χ4n) is 3.99. The first-order chi connectivity index (χ1) is 14.7. The van der Waals surface area contributed by atoms with E-state index in [0.29, 0.717) is 40.0 Å². The number of nitrogens with zero attached hydrogens (tertiary/aromatic N) is 3. The first-order valence-corrected chi connectivity index (χ1v) is 9.76. The molecule has 8 heteroatoms. The van der Waals surface area contributed by atoms with E-state index in [1.54, 1.807) is 20.4 Å². The van der Waals surface area contributed by atoms with Crippen LogP contribution in [0.1, 0.15) is 19.8 Å². The molecule has 0 spiro atoms. The fraction of sp³-hybridized carbons (Fsp3) is 0.273. The van der Waals surface area contributed by atoms with Crippen LogP contribution in [0.5, 0.6) is 17.4 Å². The van der Waals surface area contributed by atoms with Crippen LogP contribution in [-0.4, -0.2) is 33.9 Å². The van der Waals surface area contributed by atoms with E-state index < -0.39 is 0 Å². The van der Waals surface area contributed by atoms with Crippen LogP contribution < -0.4 is 19.9 Å². The number of ether oxygens (including phenoxy) is 2. The Kier molecular flexibility index (Phi) is 4.27. The summed E-state index contributed by atoms with van der Waals surface area (Å²) in [5, 5.41) is 14.2. The van der Waals surface area contributed by atoms with Gasteiger partial charge in [-0.25, -0.2) is 4.98 Å². The second kappa shape index (κ2) is 6.98. The maximum absolute atomic E-state index is 11.3. The Morgan fingerprint density at radius 2 is 1.90 bits per heavy atom. The van der Waals surface area contributed by atoms with Crippen LogP contribution in [-0.2, 0) is 16.3 Å². The van der Waals surface area contributed by atoms with E-state index in [4.69, 9.17) is 24.2 Å². The third-order valence-corrected chi connectivity index (χ3v) is 5.46. The standard InChI is InChI=1S/C22H21N3O5/c1-4-5-6-25-20-15-11-30-29-10-12(15)9-23-19(20)18-14(22(25)26)7-13-16(24-18)8-17(27-2)21(13)28-3/h7-11,26H,4-6H2,1-3H3. The number of aromatic hydroxyl groups is 1. The maximum Gasteiger partial charge on any atom is 0.201 e. The average Bonchev–Trinajstić information content (AvgIpc) is 3.14. The van der Waals surface area contributed by atoms with Crippen molar-refractivity contribution in [3.63, 3.8) is 0 Å². The number of unbranched alkanes of at least 4 members (excludes halogenated alkanes) is 1. The van der Waals surface area contributed by atoms with Crippen molar-refractivity contribution < 1.29 is 24.4 Å². The fourth-order valence-corrected chi connectivity index (χ4v) is 3.99. The average molecular weight is 407 g/mol. The number of pyridine rings is 3. The van der Waals surface area contributed by atoms with Gasteiger partial charge in [0.25, 0.3) is 0 Å². The van der Waals surface area contributed by atoms with Crippen LogP contribution in [0, 0.1) is 0 Å². The molecule has 30 heavy (non-hydrogen) atoms. The van der Waals surface area contributed by atoms with Crippen LogP contribution in [0.25, 0.3) is 45.4 Å². The summed E-state index contributed by atoms with van der Waals surface area (Å²) >= 11 is 0. The predicted octanol–water partition coefficient (Wildman–Crippen LogP) is 2.70. The molecule has 4 aromatic rings. The molecule has 4 heterocycles. The van der Waals surface area contributed by atoms with E-state index in [-0.39, 0.29) is 5.88 Å². The molecule has 0 radical (unpaired) electrons.